The first-order valence-electron chi connectivity index (χ1n) is 5.30. The fourth-order valence-corrected chi connectivity index (χ4v) is 1.81. The number of pyridine rings is 1. The molecule has 0 saturated carbocycles. The third-order valence-corrected chi connectivity index (χ3v) is 2.89. The molecular formula is C12H14N4S. The fraction of sp³-hybridized carbons (Fsp3) is 0.250. The molecule has 0 aliphatic carbocycles. The van der Waals surface area contributed by atoms with E-state index in [1.54, 1.807) is 18.1 Å². The number of nitrogens with one attached hydrogen (secondary N) is 1. The molecule has 0 atom stereocenters. The van der Waals surface area contributed by atoms with Gasteiger partial charge in [-0.2, -0.15) is 0 Å². The van der Waals surface area contributed by atoms with E-state index in [0.29, 0.717) is 6.54 Å². The van der Waals surface area contributed by atoms with Crippen LogP contribution in [0.15, 0.2) is 35.6 Å². The van der Waals surface area contributed by atoms with Crippen LogP contribution in [0.5, 0.6) is 0 Å². The molecule has 0 aliphatic rings. The number of anilines is 1. The highest BCUT2D eigenvalue weighted by Gasteiger charge is 1.99. The van der Waals surface area contributed by atoms with Gasteiger partial charge >= 0.3 is 0 Å². The number of hydrogen-bond acceptors (Lipinski definition) is 5. The summed E-state index contributed by atoms with van der Waals surface area (Å²) in [4.78, 5) is 12.7. The Bertz CT molecular complexity index is 501. The molecule has 17 heavy (non-hydrogen) atoms. The van der Waals surface area contributed by atoms with Crippen LogP contribution in [0.4, 0.5) is 5.82 Å². The zero-order chi connectivity index (χ0) is 12.1. The van der Waals surface area contributed by atoms with Crippen LogP contribution < -0.4 is 5.32 Å². The first-order valence-corrected chi connectivity index (χ1v) is 6.53. The second kappa shape index (κ2) is 5.63. The molecule has 0 aliphatic heterocycles. The number of aryl methyl sites for hydroxylation is 1. The predicted octanol–water partition coefficient (Wildman–Crippen LogP) is 2.51. The van der Waals surface area contributed by atoms with Crippen molar-refractivity contribution >= 4 is 17.6 Å². The van der Waals surface area contributed by atoms with Crippen LogP contribution >= 0.6 is 11.8 Å². The summed E-state index contributed by atoms with van der Waals surface area (Å²) < 4.78 is 0. The average Bonchev–Trinajstić information content (AvgIpc) is 2.37. The highest BCUT2D eigenvalue weighted by atomic mass is 32.2. The Labute approximate surface area is 105 Å². The third-order valence-electron chi connectivity index (χ3n) is 2.25. The lowest BCUT2D eigenvalue weighted by atomic mass is 10.3. The lowest BCUT2D eigenvalue weighted by molar-refractivity contribution is 0.980. The van der Waals surface area contributed by atoms with Crippen molar-refractivity contribution < 1.29 is 0 Å². The van der Waals surface area contributed by atoms with Crippen molar-refractivity contribution in [2.24, 2.45) is 0 Å². The van der Waals surface area contributed by atoms with E-state index >= 15 is 0 Å². The Balaban J connectivity index is 2.02. The first kappa shape index (κ1) is 11.9. The number of thioether (sulfide) groups is 1. The second-order valence-electron chi connectivity index (χ2n) is 3.57. The molecule has 0 saturated heterocycles. The van der Waals surface area contributed by atoms with Crippen LogP contribution in [0.2, 0.25) is 0 Å². The van der Waals surface area contributed by atoms with E-state index in [2.05, 4.69) is 20.3 Å². The number of hydrogen-bond donors (Lipinski definition) is 1. The van der Waals surface area contributed by atoms with Crippen molar-refractivity contribution in [3.05, 3.63) is 42.0 Å². The summed E-state index contributed by atoms with van der Waals surface area (Å²) in [6, 6.07) is 7.92. The van der Waals surface area contributed by atoms with Crippen molar-refractivity contribution in [3.63, 3.8) is 0 Å². The Morgan fingerprint density at radius 1 is 1.29 bits per heavy atom. The number of rotatable bonds is 4. The highest BCUT2D eigenvalue weighted by Crippen LogP contribution is 2.14. The number of aromatic nitrogens is 3. The SMILES string of the molecule is CSc1cc(NCc2cccc(C)n2)ncn1. The smallest absolute Gasteiger partial charge is 0.130 e. The molecule has 0 spiro atoms. The van der Waals surface area contributed by atoms with Crippen molar-refractivity contribution in [2.75, 3.05) is 11.6 Å². The Morgan fingerprint density at radius 3 is 2.94 bits per heavy atom. The molecule has 0 fully saturated rings. The second-order valence-corrected chi connectivity index (χ2v) is 4.40. The maximum Gasteiger partial charge on any atom is 0.130 e. The molecule has 5 heteroatoms. The molecule has 0 radical (unpaired) electrons. The molecular weight excluding hydrogens is 232 g/mol. The van der Waals surface area contributed by atoms with E-state index in [1.165, 1.54) is 0 Å². The normalized spacial score (nSPS) is 10.2. The molecule has 2 heterocycles. The quantitative estimate of drug-likeness (QED) is 0.663. The van der Waals surface area contributed by atoms with Gasteiger partial charge in [0.15, 0.2) is 0 Å². The molecule has 2 rings (SSSR count). The minimum atomic E-state index is 0.673. The fourth-order valence-electron chi connectivity index (χ4n) is 1.43. The standard InChI is InChI=1S/C12H14N4S/c1-9-4-3-5-10(16-9)7-13-11-6-12(17-2)15-8-14-11/h3-6,8H,7H2,1-2H3,(H,13,14,15). The van der Waals surface area contributed by atoms with E-state index in [9.17, 15) is 0 Å². The zero-order valence-electron chi connectivity index (χ0n) is 9.84. The summed E-state index contributed by atoms with van der Waals surface area (Å²) >= 11 is 1.60. The van der Waals surface area contributed by atoms with E-state index in [0.717, 1.165) is 22.2 Å². The molecule has 2 aromatic rings. The van der Waals surface area contributed by atoms with Crippen LogP contribution in [0.25, 0.3) is 0 Å². The van der Waals surface area contributed by atoms with Crippen molar-refractivity contribution in [3.8, 4) is 0 Å². The molecule has 0 amide bonds. The molecule has 4 nitrogen and oxygen atoms in total. The minimum absolute atomic E-state index is 0.673. The summed E-state index contributed by atoms with van der Waals surface area (Å²) in [7, 11) is 0. The van der Waals surface area contributed by atoms with Gasteiger partial charge in [-0.05, 0) is 25.3 Å². The van der Waals surface area contributed by atoms with Crippen LogP contribution in [0.1, 0.15) is 11.4 Å². The summed E-state index contributed by atoms with van der Waals surface area (Å²) in [6.07, 6.45) is 3.56. The molecule has 0 bridgehead atoms. The Kier molecular flexibility index (Phi) is 3.93. The van der Waals surface area contributed by atoms with Gasteiger partial charge in [-0.1, -0.05) is 6.07 Å². The molecule has 0 unspecified atom stereocenters. The van der Waals surface area contributed by atoms with Crippen LogP contribution in [-0.4, -0.2) is 21.2 Å². The van der Waals surface area contributed by atoms with Crippen LogP contribution in [-0.2, 0) is 6.54 Å². The summed E-state index contributed by atoms with van der Waals surface area (Å²) in [5, 5.41) is 4.19. The summed E-state index contributed by atoms with van der Waals surface area (Å²) in [5.41, 5.74) is 2.03. The highest BCUT2D eigenvalue weighted by molar-refractivity contribution is 7.98. The zero-order valence-corrected chi connectivity index (χ0v) is 10.7. The van der Waals surface area contributed by atoms with Crippen molar-refractivity contribution in [2.45, 2.75) is 18.5 Å². The van der Waals surface area contributed by atoms with Gasteiger partial charge in [0.05, 0.1) is 12.2 Å². The van der Waals surface area contributed by atoms with Crippen molar-refractivity contribution in [1.82, 2.24) is 15.0 Å². The van der Waals surface area contributed by atoms with Gasteiger partial charge in [0.1, 0.15) is 17.2 Å². The van der Waals surface area contributed by atoms with Gasteiger partial charge in [-0.3, -0.25) is 4.98 Å². The maximum absolute atomic E-state index is 4.42. The maximum atomic E-state index is 4.42. The van der Waals surface area contributed by atoms with E-state index in [-0.39, 0.29) is 0 Å². The van der Waals surface area contributed by atoms with E-state index in [1.807, 2.05) is 37.4 Å². The molecule has 1 N–H and O–H groups in total. The van der Waals surface area contributed by atoms with Gasteiger partial charge in [-0.15, -0.1) is 11.8 Å². The van der Waals surface area contributed by atoms with Crippen LogP contribution in [0, 0.1) is 6.92 Å². The van der Waals surface area contributed by atoms with Crippen molar-refractivity contribution in [1.29, 1.82) is 0 Å². The summed E-state index contributed by atoms with van der Waals surface area (Å²) in [5.74, 6) is 0.827. The topological polar surface area (TPSA) is 50.7 Å². The van der Waals surface area contributed by atoms with Gasteiger partial charge in [0.25, 0.3) is 0 Å². The lowest BCUT2D eigenvalue weighted by Crippen LogP contribution is -2.04. The molecule has 88 valence electrons. The first-order chi connectivity index (χ1) is 8.28. The monoisotopic (exact) mass is 246 g/mol. The predicted molar refractivity (Wildman–Crippen MR) is 70.1 cm³/mol. The molecule has 0 aromatic carbocycles. The number of nitrogens with zero attached hydrogens (tertiary/aromatic N) is 3. The lowest BCUT2D eigenvalue weighted by Gasteiger charge is -2.06. The average molecular weight is 246 g/mol. The van der Waals surface area contributed by atoms with Gasteiger partial charge < -0.3 is 5.32 Å². The third kappa shape index (κ3) is 3.42. The van der Waals surface area contributed by atoms with Gasteiger partial charge in [-0.25, -0.2) is 9.97 Å². The van der Waals surface area contributed by atoms with Crippen LogP contribution in [0.3, 0.4) is 0 Å². The van der Waals surface area contributed by atoms with Gasteiger partial charge in [0, 0.05) is 11.8 Å². The minimum Gasteiger partial charge on any atom is -0.364 e. The molecule has 2 aromatic heterocycles. The summed E-state index contributed by atoms with van der Waals surface area (Å²) in [6.45, 7) is 2.66. The van der Waals surface area contributed by atoms with E-state index < -0.39 is 0 Å². The Morgan fingerprint density at radius 2 is 2.18 bits per heavy atom. The van der Waals surface area contributed by atoms with E-state index in [4.69, 9.17) is 0 Å². The van der Waals surface area contributed by atoms with Gasteiger partial charge in [0.2, 0.25) is 0 Å². The Hall–Kier alpha value is -1.62. The largest absolute Gasteiger partial charge is 0.364 e.